The Bertz CT molecular complexity index is 1480. The van der Waals surface area contributed by atoms with E-state index in [1.165, 1.54) is 35.2 Å². The predicted molar refractivity (Wildman–Crippen MR) is 140 cm³/mol. The van der Waals surface area contributed by atoms with Crippen LogP contribution in [0.15, 0.2) is 90.5 Å². The minimum atomic E-state index is -1.28. The van der Waals surface area contributed by atoms with Crippen LogP contribution < -0.4 is 10.2 Å². The van der Waals surface area contributed by atoms with Crippen molar-refractivity contribution in [2.45, 2.75) is 6.04 Å². The highest BCUT2D eigenvalue weighted by Crippen LogP contribution is 2.43. The Kier molecular flexibility index (Phi) is 7.42. The average Bonchev–Trinajstić information content (AvgIpc) is 3.13. The number of aliphatic hydroxyl groups is 1. The average molecular weight is 537 g/mol. The van der Waals surface area contributed by atoms with Crippen LogP contribution in [0.25, 0.3) is 5.76 Å². The first-order valence-electron chi connectivity index (χ1n) is 10.8. The van der Waals surface area contributed by atoms with E-state index in [9.17, 15) is 24.3 Å². The molecule has 10 heteroatoms. The number of hydrogen-bond donors (Lipinski definition) is 3. The van der Waals surface area contributed by atoms with Crippen LogP contribution in [-0.4, -0.2) is 33.8 Å². The Morgan fingerprint density at radius 2 is 1.57 bits per heavy atom. The van der Waals surface area contributed by atoms with Crippen molar-refractivity contribution >= 4 is 63.9 Å². The fourth-order valence-corrected chi connectivity index (χ4v) is 4.23. The molecule has 1 saturated heterocycles. The van der Waals surface area contributed by atoms with Gasteiger partial charge in [-0.3, -0.25) is 19.3 Å². The van der Waals surface area contributed by atoms with Gasteiger partial charge in [-0.15, -0.1) is 0 Å². The maximum atomic E-state index is 13.2. The fourth-order valence-electron chi connectivity index (χ4n) is 3.92. The summed E-state index contributed by atoms with van der Waals surface area (Å²) in [5, 5.41) is 23.2. The Labute approximate surface area is 221 Å². The molecule has 1 unspecified atom stereocenters. The number of ketones is 1. The number of nitrogens with zero attached hydrogens (tertiary/aromatic N) is 1. The Balaban J connectivity index is 1.82. The predicted octanol–water partition coefficient (Wildman–Crippen LogP) is 5.20. The largest absolute Gasteiger partial charge is 0.507 e. The molecule has 1 heterocycles. The summed E-state index contributed by atoms with van der Waals surface area (Å²) in [7, 11) is 0. The molecule has 0 aliphatic carbocycles. The number of hydrogen-bond acceptors (Lipinski definition) is 5. The molecule has 0 spiro atoms. The van der Waals surface area contributed by atoms with Crippen molar-refractivity contribution in [3.8, 4) is 0 Å². The van der Waals surface area contributed by atoms with Gasteiger partial charge in [0.2, 0.25) is 5.91 Å². The van der Waals surface area contributed by atoms with Crippen LogP contribution >= 0.6 is 23.2 Å². The molecule has 4 rings (SSSR count). The number of carboxylic acids is 1. The van der Waals surface area contributed by atoms with Gasteiger partial charge in [-0.05, 0) is 48.0 Å². The smallest absolute Gasteiger partial charge is 0.328 e. The standard InChI is InChI=1S/C27H18Cl2N2O6/c28-17-9-7-15(8-10-17)24-23(26(36)27(37)31(24)20-6-2-4-18(29)14-20)25(35)16-3-1-5-19(13-16)30-21(32)11-12-22(33)34/h1-14,24,35H,(H,30,32)(H,33,34)/b12-11-,25-23?. The summed E-state index contributed by atoms with van der Waals surface area (Å²) in [6, 6.07) is 17.9. The van der Waals surface area contributed by atoms with Crippen LogP contribution in [0.4, 0.5) is 11.4 Å². The van der Waals surface area contributed by atoms with Crippen molar-refractivity contribution in [1.29, 1.82) is 0 Å². The van der Waals surface area contributed by atoms with Gasteiger partial charge in [-0.2, -0.15) is 0 Å². The zero-order valence-corrected chi connectivity index (χ0v) is 20.4. The van der Waals surface area contributed by atoms with Crippen LogP contribution in [0.1, 0.15) is 17.2 Å². The van der Waals surface area contributed by atoms with E-state index in [4.69, 9.17) is 28.3 Å². The van der Waals surface area contributed by atoms with Gasteiger partial charge in [0.15, 0.2) is 0 Å². The maximum Gasteiger partial charge on any atom is 0.328 e. The molecule has 0 radical (unpaired) electrons. The molecular formula is C27H18Cl2N2O6. The van der Waals surface area contributed by atoms with Crippen molar-refractivity contribution in [1.82, 2.24) is 0 Å². The summed E-state index contributed by atoms with van der Waals surface area (Å²) in [4.78, 5) is 50.3. The molecular weight excluding hydrogens is 519 g/mol. The number of aliphatic hydroxyl groups excluding tert-OH is 1. The Hall–Kier alpha value is -4.40. The third kappa shape index (κ3) is 5.55. The molecule has 0 aromatic heterocycles. The highest BCUT2D eigenvalue weighted by atomic mass is 35.5. The van der Waals surface area contributed by atoms with E-state index in [2.05, 4.69) is 5.32 Å². The molecule has 8 nitrogen and oxygen atoms in total. The van der Waals surface area contributed by atoms with Crippen LogP contribution in [-0.2, 0) is 19.2 Å². The van der Waals surface area contributed by atoms with E-state index in [-0.39, 0.29) is 16.8 Å². The second-order valence-electron chi connectivity index (χ2n) is 7.94. The molecule has 3 aromatic rings. The third-order valence-corrected chi connectivity index (χ3v) is 5.98. The lowest BCUT2D eigenvalue weighted by molar-refractivity contribution is -0.132. The number of halogens is 2. The molecule has 0 saturated carbocycles. The minimum Gasteiger partial charge on any atom is -0.507 e. The molecule has 1 aliphatic rings. The molecule has 0 bridgehead atoms. The van der Waals surface area contributed by atoms with E-state index in [1.54, 1.807) is 42.5 Å². The van der Waals surface area contributed by atoms with Gasteiger partial charge < -0.3 is 15.5 Å². The summed E-state index contributed by atoms with van der Waals surface area (Å²) in [5.41, 5.74) is 1.11. The second-order valence-corrected chi connectivity index (χ2v) is 8.82. The van der Waals surface area contributed by atoms with E-state index in [0.717, 1.165) is 6.08 Å². The summed E-state index contributed by atoms with van der Waals surface area (Å²) in [6.07, 6.45) is 1.52. The molecule has 37 heavy (non-hydrogen) atoms. The summed E-state index contributed by atoms with van der Waals surface area (Å²) in [5.74, 6) is -4.21. The highest BCUT2D eigenvalue weighted by Gasteiger charge is 2.47. The van der Waals surface area contributed by atoms with Crippen LogP contribution in [0.5, 0.6) is 0 Å². The number of nitrogens with one attached hydrogen (secondary N) is 1. The molecule has 1 fully saturated rings. The number of anilines is 2. The van der Waals surface area contributed by atoms with Gasteiger partial charge in [-0.1, -0.05) is 53.5 Å². The molecule has 2 amide bonds. The zero-order chi connectivity index (χ0) is 26.7. The molecule has 186 valence electrons. The van der Waals surface area contributed by atoms with E-state index in [0.29, 0.717) is 27.4 Å². The van der Waals surface area contributed by atoms with Crippen LogP contribution in [0.2, 0.25) is 10.0 Å². The first-order valence-corrected chi connectivity index (χ1v) is 11.6. The lowest BCUT2D eigenvalue weighted by Gasteiger charge is -2.25. The van der Waals surface area contributed by atoms with Crippen molar-refractivity contribution in [3.05, 3.63) is 112 Å². The van der Waals surface area contributed by atoms with E-state index >= 15 is 0 Å². The first kappa shape index (κ1) is 25.7. The lowest BCUT2D eigenvalue weighted by atomic mass is 9.95. The summed E-state index contributed by atoms with van der Waals surface area (Å²) < 4.78 is 0. The summed E-state index contributed by atoms with van der Waals surface area (Å²) in [6.45, 7) is 0. The van der Waals surface area contributed by atoms with Gasteiger partial charge in [0.25, 0.3) is 11.7 Å². The number of aliphatic carboxylic acids is 1. The highest BCUT2D eigenvalue weighted by molar-refractivity contribution is 6.51. The topological polar surface area (TPSA) is 124 Å². The molecule has 3 N–H and O–H groups in total. The van der Waals surface area contributed by atoms with Gasteiger partial charge in [0.05, 0.1) is 11.6 Å². The molecule has 1 aliphatic heterocycles. The van der Waals surface area contributed by atoms with Gasteiger partial charge in [0, 0.05) is 39.1 Å². The van der Waals surface area contributed by atoms with Crippen molar-refractivity contribution in [2.24, 2.45) is 0 Å². The monoisotopic (exact) mass is 536 g/mol. The van der Waals surface area contributed by atoms with Gasteiger partial charge >= 0.3 is 5.97 Å². The van der Waals surface area contributed by atoms with Crippen LogP contribution in [0.3, 0.4) is 0 Å². The SMILES string of the molecule is O=C(O)/C=C\C(=O)Nc1cccc(C(O)=C2C(=O)C(=O)N(c3cccc(Cl)c3)C2c2ccc(Cl)cc2)c1. The maximum absolute atomic E-state index is 13.2. The van der Waals surface area contributed by atoms with Crippen molar-refractivity contribution in [2.75, 3.05) is 10.2 Å². The van der Waals surface area contributed by atoms with Crippen molar-refractivity contribution < 1.29 is 29.4 Å². The fraction of sp³-hybridized carbons (Fsp3) is 0.0370. The number of amides is 2. The molecule has 1 atom stereocenters. The number of benzene rings is 3. The molecule has 3 aromatic carbocycles. The minimum absolute atomic E-state index is 0.156. The number of Topliss-reactive ketones (excluding diaryl/α,β-unsaturated/α-hetero) is 1. The number of carbonyl (C=O) groups is 4. The van der Waals surface area contributed by atoms with Gasteiger partial charge in [-0.25, -0.2) is 4.79 Å². The van der Waals surface area contributed by atoms with Crippen LogP contribution in [0, 0.1) is 0 Å². The summed E-state index contributed by atoms with van der Waals surface area (Å²) >= 11 is 12.2. The quantitative estimate of drug-likeness (QED) is 0.226. The van der Waals surface area contributed by atoms with E-state index < -0.39 is 35.4 Å². The second kappa shape index (κ2) is 10.7. The first-order chi connectivity index (χ1) is 17.7. The Morgan fingerprint density at radius 3 is 2.24 bits per heavy atom. The Morgan fingerprint density at radius 1 is 0.865 bits per heavy atom. The third-order valence-electron chi connectivity index (χ3n) is 5.50. The van der Waals surface area contributed by atoms with Crippen molar-refractivity contribution in [3.63, 3.8) is 0 Å². The van der Waals surface area contributed by atoms with Gasteiger partial charge in [0.1, 0.15) is 5.76 Å². The normalized spacial score (nSPS) is 16.8. The lowest BCUT2D eigenvalue weighted by Crippen LogP contribution is -2.29. The number of rotatable bonds is 6. The number of carboxylic acid groups (broad SMARTS) is 1. The van der Waals surface area contributed by atoms with E-state index in [1.807, 2.05) is 0 Å². The zero-order valence-electron chi connectivity index (χ0n) is 18.9. The number of carbonyl (C=O) groups excluding carboxylic acids is 3.